The maximum absolute atomic E-state index is 5.86. The highest BCUT2D eigenvalue weighted by Crippen LogP contribution is 2.12. The smallest absolute Gasteiger partial charge is 0.126 e. The van der Waals surface area contributed by atoms with Gasteiger partial charge in [-0.25, -0.2) is 0 Å². The van der Waals surface area contributed by atoms with Crippen molar-refractivity contribution in [2.45, 2.75) is 5.54 Å². The van der Waals surface area contributed by atoms with Crippen LogP contribution in [0.4, 0.5) is 0 Å². The number of aromatic amines is 1. The highest BCUT2D eigenvalue weighted by molar-refractivity contribution is 5.79. The third-order valence-corrected chi connectivity index (χ3v) is 2.74. The summed E-state index contributed by atoms with van der Waals surface area (Å²) in [4.78, 5) is 0. The molecule has 3 rings (SSSR count). The van der Waals surface area contributed by atoms with Crippen molar-refractivity contribution in [3.63, 3.8) is 0 Å². The van der Waals surface area contributed by atoms with E-state index in [4.69, 9.17) is 10.5 Å². The molecule has 3 N–H and O–H groups in total. The molecule has 0 radical (unpaired) electrons. The second kappa shape index (κ2) is 4.19. The minimum absolute atomic E-state index is 0.489. The van der Waals surface area contributed by atoms with Gasteiger partial charge in [0, 0.05) is 10.9 Å². The van der Waals surface area contributed by atoms with Crippen LogP contribution < -0.4 is 5.73 Å². The quantitative estimate of drug-likeness (QED) is 0.661. The maximum Gasteiger partial charge on any atom is 0.126 e. The minimum atomic E-state index is -0.497. The zero-order valence-electron chi connectivity index (χ0n) is 9.66. The molecule has 0 atom stereocenters. The molecule has 18 heavy (non-hydrogen) atoms. The summed E-state index contributed by atoms with van der Waals surface area (Å²) in [6.45, 7) is 0.977. The van der Waals surface area contributed by atoms with Gasteiger partial charge >= 0.3 is 0 Å². The van der Waals surface area contributed by atoms with Crippen molar-refractivity contribution in [1.82, 2.24) is 10.2 Å². The predicted molar refractivity (Wildman–Crippen MR) is 68.5 cm³/mol. The van der Waals surface area contributed by atoms with Crippen molar-refractivity contribution in [3.05, 3.63) is 30.0 Å². The van der Waals surface area contributed by atoms with Gasteiger partial charge in [-0.1, -0.05) is 11.8 Å². The first-order valence-corrected chi connectivity index (χ1v) is 5.58. The Hall–Kier alpha value is -2.27. The molecular formula is C14H11N3O. The molecular weight excluding hydrogens is 226 g/mol. The van der Waals surface area contributed by atoms with E-state index in [-0.39, 0.29) is 0 Å². The number of hydrogen-bond donors (Lipinski definition) is 2. The SMILES string of the molecule is NC1(C#CC#Cc2ccc3[nH]ncc3c2)COC1. The number of ether oxygens (including phenoxy) is 1. The van der Waals surface area contributed by atoms with Crippen LogP contribution >= 0.6 is 0 Å². The number of rotatable bonds is 0. The fourth-order valence-electron chi connectivity index (χ4n) is 1.67. The Balaban J connectivity index is 1.79. The van der Waals surface area contributed by atoms with Gasteiger partial charge in [0.15, 0.2) is 0 Å². The van der Waals surface area contributed by atoms with Crippen LogP contribution in [0.15, 0.2) is 24.4 Å². The van der Waals surface area contributed by atoms with E-state index >= 15 is 0 Å². The van der Waals surface area contributed by atoms with Crippen molar-refractivity contribution in [2.75, 3.05) is 13.2 Å². The number of fused-ring (bicyclic) bond motifs is 1. The van der Waals surface area contributed by atoms with Crippen LogP contribution in [-0.4, -0.2) is 29.0 Å². The number of hydrogen-bond acceptors (Lipinski definition) is 3. The lowest BCUT2D eigenvalue weighted by molar-refractivity contribution is -0.0228. The summed E-state index contributed by atoms with van der Waals surface area (Å²) in [5.41, 5.74) is 7.28. The Morgan fingerprint density at radius 2 is 2.22 bits per heavy atom. The summed E-state index contributed by atoms with van der Waals surface area (Å²) >= 11 is 0. The lowest BCUT2D eigenvalue weighted by Crippen LogP contribution is -2.56. The first-order valence-electron chi connectivity index (χ1n) is 5.58. The number of H-pyrrole nitrogens is 1. The van der Waals surface area contributed by atoms with E-state index in [1.807, 2.05) is 18.2 Å². The molecule has 1 fully saturated rings. The third kappa shape index (κ3) is 2.08. The van der Waals surface area contributed by atoms with Gasteiger partial charge < -0.3 is 10.5 Å². The van der Waals surface area contributed by atoms with Gasteiger partial charge in [-0.3, -0.25) is 5.10 Å². The first kappa shape index (κ1) is 10.9. The van der Waals surface area contributed by atoms with Crippen molar-refractivity contribution in [1.29, 1.82) is 0 Å². The van der Waals surface area contributed by atoms with Crippen LogP contribution in [0, 0.1) is 23.7 Å². The van der Waals surface area contributed by atoms with Crippen molar-refractivity contribution < 1.29 is 4.74 Å². The molecule has 1 aliphatic heterocycles. The summed E-state index contributed by atoms with van der Waals surface area (Å²) in [5.74, 6) is 11.5. The predicted octanol–water partition coefficient (Wildman–Crippen LogP) is 0.646. The summed E-state index contributed by atoms with van der Waals surface area (Å²) < 4.78 is 5.01. The van der Waals surface area contributed by atoms with Gasteiger partial charge in [-0.2, -0.15) is 5.10 Å². The van der Waals surface area contributed by atoms with Gasteiger partial charge in [0.2, 0.25) is 0 Å². The van der Waals surface area contributed by atoms with Crippen LogP contribution in [0.3, 0.4) is 0 Å². The van der Waals surface area contributed by atoms with Crippen LogP contribution in [0.5, 0.6) is 0 Å². The Morgan fingerprint density at radius 3 is 3.00 bits per heavy atom. The monoisotopic (exact) mass is 237 g/mol. The zero-order chi connectivity index (χ0) is 12.4. The second-order valence-corrected chi connectivity index (χ2v) is 4.32. The Bertz CT molecular complexity index is 705. The number of nitrogens with two attached hydrogens (primary N) is 1. The summed E-state index contributed by atoms with van der Waals surface area (Å²) in [5, 5.41) is 7.89. The largest absolute Gasteiger partial charge is 0.375 e. The van der Waals surface area contributed by atoms with E-state index in [1.54, 1.807) is 6.20 Å². The Kier molecular flexibility index (Phi) is 2.53. The molecule has 88 valence electrons. The molecule has 0 saturated carbocycles. The Labute approximate surface area is 105 Å². The standard InChI is InChI=1S/C14H11N3O/c15-14(9-18-10-14)6-2-1-3-11-4-5-13-12(7-11)8-16-17-13/h4-5,7-8H,9-10,15H2,(H,16,17). The van der Waals surface area contributed by atoms with Crippen molar-refractivity contribution >= 4 is 10.9 Å². The molecule has 0 unspecified atom stereocenters. The maximum atomic E-state index is 5.86. The van der Waals surface area contributed by atoms with E-state index in [0.717, 1.165) is 16.5 Å². The van der Waals surface area contributed by atoms with Crippen molar-refractivity contribution in [3.8, 4) is 23.7 Å². The van der Waals surface area contributed by atoms with Crippen LogP contribution in [0.1, 0.15) is 5.56 Å². The number of benzene rings is 1. The molecule has 2 aromatic rings. The Morgan fingerprint density at radius 1 is 1.33 bits per heavy atom. The number of nitrogens with one attached hydrogen (secondary N) is 1. The van der Waals surface area contributed by atoms with E-state index in [0.29, 0.717) is 13.2 Å². The molecule has 1 aromatic carbocycles. The molecule has 0 amide bonds. The molecule has 1 aromatic heterocycles. The van der Waals surface area contributed by atoms with Crippen molar-refractivity contribution in [2.24, 2.45) is 5.73 Å². The molecule has 0 spiro atoms. The topological polar surface area (TPSA) is 63.9 Å². The highest BCUT2D eigenvalue weighted by atomic mass is 16.5. The van der Waals surface area contributed by atoms with E-state index in [1.165, 1.54) is 0 Å². The lowest BCUT2D eigenvalue weighted by Gasteiger charge is -2.32. The summed E-state index contributed by atoms with van der Waals surface area (Å²) in [7, 11) is 0. The summed E-state index contributed by atoms with van der Waals surface area (Å²) in [6, 6.07) is 5.85. The second-order valence-electron chi connectivity index (χ2n) is 4.32. The molecule has 1 aliphatic rings. The first-order chi connectivity index (χ1) is 8.75. The van der Waals surface area contributed by atoms with Crippen LogP contribution in [0.25, 0.3) is 10.9 Å². The van der Waals surface area contributed by atoms with Crippen LogP contribution in [0.2, 0.25) is 0 Å². The van der Waals surface area contributed by atoms with Crippen LogP contribution in [-0.2, 0) is 4.74 Å². The van der Waals surface area contributed by atoms with E-state index in [2.05, 4.69) is 33.9 Å². The molecule has 0 aliphatic carbocycles. The molecule has 0 bridgehead atoms. The van der Waals surface area contributed by atoms with Gasteiger partial charge in [0.1, 0.15) is 5.54 Å². The minimum Gasteiger partial charge on any atom is -0.375 e. The van der Waals surface area contributed by atoms with Gasteiger partial charge in [0.05, 0.1) is 24.9 Å². The van der Waals surface area contributed by atoms with Gasteiger partial charge in [0.25, 0.3) is 0 Å². The van der Waals surface area contributed by atoms with Gasteiger partial charge in [-0.15, -0.1) is 0 Å². The molecule has 1 saturated heterocycles. The third-order valence-electron chi connectivity index (χ3n) is 2.74. The fourth-order valence-corrected chi connectivity index (χ4v) is 1.67. The van der Waals surface area contributed by atoms with Gasteiger partial charge in [-0.05, 0) is 30.0 Å². The molecule has 4 heteroatoms. The average molecular weight is 237 g/mol. The number of nitrogens with zero attached hydrogens (tertiary/aromatic N) is 1. The highest BCUT2D eigenvalue weighted by Gasteiger charge is 2.31. The van der Waals surface area contributed by atoms with E-state index in [9.17, 15) is 0 Å². The molecule has 2 heterocycles. The zero-order valence-corrected chi connectivity index (χ0v) is 9.66. The number of aromatic nitrogens is 2. The molecule has 4 nitrogen and oxygen atoms in total. The van der Waals surface area contributed by atoms with E-state index < -0.39 is 5.54 Å². The fraction of sp³-hybridized carbons (Fsp3) is 0.214. The summed E-state index contributed by atoms with van der Waals surface area (Å²) in [6.07, 6.45) is 1.77. The normalized spacial score (nSPS) is 16.1. The lowest BCUT2D eigenvalue weighted by atomic mass is 10.0. The average Bonchev–Trinajstić information content (AvgIpc) is 2.79.